The lowest BCUT2D eigenvalue weighted by Gasteiger charge is -2.00. The van der Waals surface area contributed by atoms with Crippen molar-refractivity contribution in [3.05, 3.63) is 71.6 Å². The number of hydrogen-bond donors (Lipinski definition) is 1. The molecule has 3 heteroatoms. The highest BCUT2D eigenvalue weighted by Gasteiger charge is 1.97. The zero-order valence-corrected chi connectivity index (χ0v) is 10.9. The molecule has 1 heterocycles. The van der Waals surface area contributed by atoms with Crippen molar-refractivity contribution in [3.8, 4) is 0 Å². The molecule has 2 aromatic rings. The molecule has 0 unspecified atom stereocenters. The Morgan fingerprint density at radius 3 is 2.53 bits per heavy atom. The van der Waals surface area contributed by atoms with Gasteiger partial charge in [-0.15, -0.1) is 0 Å². The van der Waals surface area contributed by atoms with Crippen LogP contribution in [-0.2, 0) is 11.3 Å². The first-order chi connectivity index (χ1) is 9.24. The van der Waals surface area contributed by atoms with Gasteiger partial charge in [0.25, 0.3) is 0 Å². The highest BCUT2D eigenvalue weighted by Crippen LogP contribution is 2.04. The number of aryl methyl sites for hydroxylation is 1. The predicted molar refractivity (Wildman–Crippen MR) is 75.1 cm³/mol. The van der Waals surface area contributed by atoms with Crippen LogP contribution in [0, 0.1) is 6.92 Å². The van der Waals surface area contributed by atoms with Gasteiger partial charge in [-0.1, -0.05) is 29.8 Å². The van der Waals surface area contributed by atoms with Crippen molar-refractivity contribution in [2.24, 2.45) is 0 Å². The fraction of sp³-hybridized carbons (Fsp3) is 0.125. The first kappa shape index (κ1) is 13.0. The Kier molecular flexibility index (Phi) is 4.45. The number of aromatic amines is 1. The largest absolute Gasteiger partial charge is 0.348 e. The minimum Gasteiger partial charge on any atom is -0.348 e. The monoisotopic (exact) mass is 253 g/mol. The molecule has 0 saturated carbocycles. The molecule has 1 aromatic carbocycles. The summed E-state index contributed by atoms with van der Waals surface area (Å²) in [6.45, 7) is 2.57. The van der Waals surface area contributed by atoms with Crippen molar-refractivity contribution in [1.29, 1.82) is 0 Å². The molecule has 0 aliphatic heterocycles. The smallest absolute Gasteiger partial charge is 0.244 e. The molecule has 19 heavy (non-hydrogen) atoms. The first-order valence-electron chi connectivity index (χ1n) is 6.21. The molecule has 0 spiro atoms. The second kappa shape index (κ2) is 6.50. The first-order valence-corrected chi connectivity index (χ1v) is 6.21. The topological polar surface area (TPSA) is 43.2 Å². The van der Waals surface area contributed by atoms with E-state index in [0.717, 1.165) is 11.1 Å². The van der Waals surface area contributed by atoms with Crippen LogP contribution >= 0.6 is 0 Å². The summed E-state index contributed by atoms with van der Waals surface area (Å²) in [5, 5.41) is 2.84. The van der Waals surface area contributed by atoms with E-state index in [1.165, 1.54) is 5.56 Å². The molecule has 0 fully saturated rings. The second-order valence-electron chi connectivity index (χ2n) is 4.37. The van der Waals surface area contributed by atoms with Gasteiger partial charge in [-0.2, -0.15) is 0 Å². The van der Waals surface area contributed by atoms with E-state index in [1.54, 1.807) is 6.08 Å². The van der Waals surface area contributed by atoms with Gasteiger partial charge in [-0.3, -0.25) is 4.79 Å². The molecule has 0 aliphatic rings. The van der Waals surface area contributed by atoms with Gasteiger partial charge in [0.2, 0.25) is 5.91 Å². The van der Waals surface area contributed by atoms with Crippen LogP contribution in [0.2, 0.25) is 0 Å². The van der Waals surface area contributed by atoms with Crippen LogP contribution in [-0.4, -0.2) is 5.91 Å². The van der Waals surface area contributed by atoms with Gasteiger partial charge in [0.15, 0.2) is 12.4 Å². The SMILES string of the molecule is Cc1ccc(C=CC(=O)NCc2cc[nH+]cc2)cc1. The molecule has 0 aliphatic carbocycles. The van der Waals surface area contributed by atoms with Crippen LogP contribution in [0.25, 0.3) is 6.08 Å². The fourth-order valence-corrected chi connectivity index (χ4v) is 1.64. The van der Waals surface area contributed by atoms with Gasteiger partial charge in [-0.05, 0) is 24.1 Å². The van der Waals surface area contributed by atoms with E-state index in [1.807, 2.05) is 61.8 Å². The van der Waals surface area contributed by atoms with Gasteiger partial charge in [0.1, 0.15) is 0 Å². The number of H-pyrrole nitrogens is 1. The number of rotatable bonds is 4. The highest BCUT2D eigenvalue weighted by atomic mass is 16.1. The molecule has 2 N–H and O–H groups in total. The average Bonchev–Trinajstić information content (AvgIpc) is 2.45. The van der Waals surface area contributed by atoms with Crippen molar-refractivity contribution in [1.82, 2.24) is 5.32 Å². The average molecular weight is 253 g/mol. The van der Waals surface area contributed by atoms with Crippen molar-refractivity contribution < 1.29 is 9.78 Å². The third-order valence-electron chi connectivity index (χ3n) is 2.76. The van der Waals surface area contributed by atoms with Crippen molar-refractivity contribution in [2.75, 3.05) is 0 Å². The van der Waals surface area contributed by atoms with Gasteiger partial charge in [0.05, 0.1) is 0 Å². The zero-order valence-electron chi connectivity index (χ0n) is 10.9. The molecular weight excluding hydrogens is 236 g/mol. The van der Waals surface area contributed by atoms with Crippen LogP contribution in [0.5, 0.6) is 0 Å². The molecule has 0 bridgehead atoms. The fourth-order valence-electron chi connectivity index (χ4n) is 1.64. The lowest BCUT2D eigenvalue weighted by molar-refractivity contribution is -0.378. The Morgan fingerprint density at radius 1 is 1.16 bits per heavy atom. The van der Waals surface area contributed by atoms with E-state index < -0.39 is 0 Å². The number of nitrogens with one attached hydrogen (secondary N) is 2. The maximum absolute atomic E-state index is 11.7. The lowest BCUT2D eigenvalue weighted by atomic mass is 10.1. The van der Waals surface area contributed by atoms with Crippen LogP contribution in [0.4, 0.5) is 0 Å². The van der Waals surface area contributed by atoms with E-state index in [9.17, 15) is 4.79 Å². The van der Waals surface area contributed by atoms with Gasteiger partial charge in [0, 0.05) is 24.8 Å². The van der Waals surface area contributed by atoms with E-state index in [4.69, 9.17) is 0 Å². The lowest BCUT2D eigenvalue weighted by Crippen LogP contribution is -2.20. The number of aromatic nitrogens is 1. The summed E-state index contributed by atoms with van der Waals surface area (Å²) < 4.78 is 0. The van der Waals surface area contributed by atoms with Gasteiger partial charge < -0.3 is 5.32 Å². The summed E-state index contributed by atoms with van der Waals surface area (Å²) in [6, 6.07) is 11.9. The Balaban J connectivity index is 1.86. The minimum atomic E-state index is -0.0894. The van der Waals surface area contributed by atoms with Crippen molar-refractivity contribution >= 4 is 12.0 Å². The molecule has 2 rings (SSSR count). The molecule has 0 radical (unpaired) electrons. The van der Waals surface area contributed by atoms with E-state index in [2.05, 4.69) is 10.3 Å². The number of hydrogen-bond acceptors (Lipinski definition) is 1. The minimum absolute atomic E-state index is 0.0894. The molecule has 0 saturated heterocycles. The maximum Gasteiger partial charge on any atom is 0.244 e. The predicted octanol–water partition coefficient (Wildman–Crippen LogP) is 2.14. The molecular formula is C16H17N2O+. The number of benzene rings is 1. The summed E-state index contributed by atoms with van der Waals surface area (Å²) in [4.78, 5) is 14.6. The molecule has 1 aromatic heterocycles. The normalized spacial score (nSPS) is 10.6. The van der Waals surface area contributed by atoms with Crippen LogP contribution < -0.4 is 10.3 Å². The highest BCUT2D eigenvalue weighted by molar-refractivity contribution is 5.91. The molecule has 96 valence electrons. The van der Waals surface area contributed by atoms with Crippen molar-refractivity contribution in [2.45, 2.75) is 13.5 Å². The quantitative estimate of drug-likeness (QED) is 0.833. The summed E-state index contributed by atoms with van der Waals surface area (Å²) in [5.41, 5.74) is 3.30. The standard InChI is InChI=1S/C16H16N2O/c1-13-2-4-14(5-3-13)6-7-16(19)18-12-15-8-10-17-11-9-15/h2-11H,12H2,1H3,(H,18,19)/p+1. The number of carbonyl (C=O) groups is 1. The number of carbonyl (C=O) groups excluding carboxylic acids is 1. The number of pyridine rings is 1. The zero-order chi connectivity index (χ0) is 13.5. The summed E-state index contributed by atoms with van der Waals surface area (Å²) in [5.74, 6) is -0.0894. The Morgan fingerprint density at radius 2 is 1.84 bits per heavy atom. The second-order valence-corrected chi connectivity index (χ2v) is 4.37. The van der Waals surface area contributed by atoms with Crippen molar-refractivity contribution in [3.63, 3.8) is 0 Å². The molecule has 1 amide bonds. The van der Waals surface area contributed by atoms with Crippen LogP contribution in [0.15, 0.2) is 54.9 Å². The third kappa shape index (κ3) is 4.39. The Bertz CT molecular complexity index is 559. The summed E-state index contributed by atoms with van der Waals surface area (Å²) >= 11 is 0. The van der Waals surface area contributed by atoms with Crippen LogP contribution in [0.1, 0.15) is 16.7 Å². The van der Waals surface area contributed by atoms with E-state index in [0.29, 0.717) is 6.54 Å². The van der Waals surface area contributed by atoms with E-state index >= 15 is 0 Å². The number of amides is 1. The van der Waals surface area contributed by atoms with Gasteiger partial charge >= 0.3 is 0 Å². The summed E-state index contributed by atoms with van der Waals surface area (Å²) in [6.07, 6.45) is 7.04. The summed E-state index contributed by atoms with van der Waals surface area (Å²) in [7, 11) is 0. The maximum atomic E-state index is 11.7. The third-order valence-corrected chi connectivity index (χ3v) is 2.76. The Labute approximate surface area is 113 Å². The molecule has 0 atom stereocenters. The van der Waals surface area contributed by atoms with Gasteiger partial charge in [-0.25, -0.2) is 4.98 Å². The Hall–Kier alpha value is -2.42. The van der Waals surface area contributed by atoms with Crippen LogP contribution in [0.3, 0.4) is 0 Å². The van der Waals surface area contributed by atoms with E-state index in [-0.39, 0.29) is 5.91 Å². The molecule has 3 nitrogen and oxygen atoms in total.